The molecule has 0 radical (unpaired) electrons. The van der Waals surface area contributed by atoms with Crippen LogP contribution in [-0.2, 0) is 0 Å². The van der Waals surface area contributed by atoms with Crippen LogP contribution in [0.25, 0.3) is 0 Å². The number of piperidine rings is 1. The first kappa shape index (κ1) is 12.4. The summed E-state index contributed by atoms with van der Waals surface area (Å²) in [4.78, 5) is 2.48. The molecule has 1 fully saturated rings. The minimum absolute atomic E-state index is 0.671. The summed E-state index contributed by atoms with van der Waals surface area (Å²) in [6, 6.07) is 9.49. The molecule has 0 aliphatic carbocycles. The van der Waals surface area contributed by atoms with Crippen LogP contribution < -0.4 is 10.2 Å². The number of hydrogen-bond donors (Lipinski definition) is 1. The summed E-state index contributed by atoms with van der Waals surface area (Å²) in [5, 5.41) is 3.63. The van der Waals surface area contributed by atoms with E-state index in [0.29, 0.717) is 6.04 Å². The van der Waals surface area contributed by atoms with Gasteiger partial charge in [-0.25, -0.2) is 0 Å². The largest absolute Gasteiger partial charge is 0.370 e. The van der Waals surface area contributed by atoms with Gasteiger partial charge in [-0.3, -0.25) is 0 Å². The van der Waals surface area contributed by atoms with E-state index in [1.54, 1.807) is 0 Å². The lowest BCUT2D eigenvalue weighted by molar-refractivity contribution is 0.400. The molecule has 1 atom stereocenters. The average molecular weight is 232 g/mol. The highest BCUT2D eigenvalue weighted by molar-refractivity contribution is 5.48. The van der Waals surface area contributed by atoms with Crippen LogP contribution in [0.2, 0.25) is 0 Å². The lowest BCUT2D eigenvalue weighted by atomic mass is 10.0. The molecule has 2 heteroatoms. The minimum atomic E-state index is 0.671. The maximum absolute atomic E-state index is 3.63. The Morgan fingerprint density at radius 2 is 2.24 bits per heavy atom. The Balaban J connectivity index is 2.00. The van der Waals surface area contributed by atoms with E-state index in [9.17, 15) is 0 Å². The fourth-order valence-corrected chi connectivity index (χ4v) is 2.59. The topological polar surface area (TPSA) is 15.3 Å². The molecule has 1 aromatic rings. The second-order valence-electron chi connectivity index (χ2n) is 5.02. The molecule has 0 spiro atoms. The molecule has 0 amide bonds. The van der Waals surface area contributed by atoms with Crippen molar-refractivity contribution in [3.63, 3.8) is 0 Å². The Hall–Kier alpha value is -1.02. The Labute approximate surface area is 105 Å². The molecule has 0 saturated carbocycles. The Morgan fingerprint density at radius 1 is 1.35 bits per heavy atom. The van der Waals surface area contributed by atoms with E-state index in [2.05, 4.69) is 48.3 Å². The lowest BCUT2D eigenvalue weighted by Gasteiger charge is -2.31. The molecule has 0 aromatic heterocycles. The van der Waals surface area contributed by atoms with Crippen LogP contribution in [0.1, 0.15) is 31.7 Å². The number of nitrogens with zero attached hydrogens (tertiary/aromatic N) is 1. The van der Waals surface area contributed by atoms with E-state index in [1.807, 2.05) is 0 Å². The first-order valence-corrected chi connectivity index (χ1v) is 6.84. The number of anilines is 1. The van der Waals surface area contributed by atoms with Gasteiger partial charge in [-0.2, -0.15) is 0 Å². The zero-order valence-electron chi connectivity index (χ0n) is 11.1. The highest BCUT2D eigenvalue weighted by Gasteiger charge is 2.15. The van der Waals surface area contributed by atoms with Gasteiger partial charge in [0.1, 0.15) is 0 Å². The minimum Gasteiger partial charge on any atom is -0.370 e. The monoisotopic (exact) mass is 232 g/mol. The van der Waals surface area contributed by atoms with Gasteiger partial charge in [-0.05, 0) is 50.9 Å². The van der Waals surface area contributed by atoms with Crippen LogP contribution in [0.5, 0.6) is 0 Å². The molecule has 1 N–H and O–H groups in total. The molecule has 1 unspecified atom stereocenters. The van der Waals surface area contributed by atoms with Crippen molar-refractivity contribution in [2.75, 3.05) is 24.5 Å². The summed E-state index contributed by atoms with van der Waals surface area (Å²) in [5.41, 5.74) is 2.71. The van der Waals surface area contributed by atoms with Crippen molar-refractivity contribution in [3.05, 3.63) is 29.8 Å². The van der Waals surface area contributed by atoms with Crippen molar-refractivity contribution in [3.8, 4) is 0 Å². The molecule has 1 aliphatic rings. The molecule has 2 nitrogen and oxygen atoms in total. The average Bonchev–Trinajstić information content (AvgIpc) is 2.37. The standard InChI is InChI=1S/C15H24N2/c1-3-17(12-14-8-4-5-10-16-14)15-9-6-7-13(2)11-15/h6-7,9,11,14,16H,3-5,8,10,12H2,1-2H3. The molecule has 2 rings (SSSR count). The van der Waals surface area contributed by atoms with Crippen LogP contribution in [-0.4, -0.2) is 25.7 Å². The van der Waals surface area contributed by atoms with Crippen molar-refractivity contribution in [2.45, 2.75) is 39.2 Å². The molecular weight excluding hydrogens is 208 g/mol. The third-order valence-electron chi connectivity index (χ3n) is 3.60. The Bertz CT molecular complexity index is 343. The van der Waals surface area contributed by atoms with Crippen molar-refractivity contribution < 1.29 is 0 Å². The molecule has 1 aromatic carbocycles. The fourth-order valence-electron chi connectivity index (χ4n) is 2.59. The van der Waals surface area contributed by atoms with Gasteiger partial charge in [-0.1, -0.05) is 18.6 Å². The van der Waals surface area contributed by atoms with Gasteiger partial charge >= 0.3 is 0 Å². The number of aryl methyl sites for hydroxylation is 1. The maximum atomic E-state index is 3.63. The van der Waals surface area contributed by atoms with Crippen molar-refractivity contribution in [2.24, 2.45) is 0 Å². The van der Waals surface area contributed by atoms with Gasteiger partial charge in [0.25, 0.3) is 0 Å². The Morgan fingerprint density at radius 3 is 2.88 bits per heavy atom. The molecule has 94 valence electrons. The summed E-state index contributed by atoms with van der Waals surface area (Å²) in [6.07, 6.45) is 4.04. The molecule has 1 saturated heterocycles. The van der Waals surface area contributed by atoms with Crippen molar-refractivity contribution in [1.29, 1.82) is 0 Å². The third-order valence-corrected chi connectivity index (χ3v) is 3.60. The number of rotatable bonds is 4. The van der Waals surface area contributed by atoms with Crippen LogP contribution in [0, 0.1) is 6.92 Å². The second kappa shape index (κ2) is 6.06. The normalized spacial score (nSPS) is 20.2. The van der Waals surface area contributed by atoms with E-state index >= 15 is 0 Å². The van der Waals surface area contributed by atoms with Crippen LogP contribution >= 0.6 is 0 Å². The van der Waals surface area contributed by atoms with E-state index in [4.69, 9.17) is 0 Å². The Kier molecular flexibility index (Phi) is 4.43. The number of nitrogens with one attached hydrogen (secondary N) is 1. The second-order valence-corrected chi connectivity index (χ2v) is 5.02. The smallest absolute Gasteiger partial charge is 0.0369 e. The number of likely N-dealkylation sites (N-methyl/N-ethyl adjacent to an activating group) is 1. The molecular formula is C15H24N2. The third kappa shape index (κ3) is 3.47. The number of benzene rings is 1. The van der Waals surface area contributed by atoms with Gasteiger partial charge in [-0.15, -0.1) is 0 Å². The first-order valence-electron chi connectivity index (χ1n) is 6.84. The first-order chi connectivity index (χ1) is 8.29. The highest BCUT2D eigenvalue weighted by Crippen LogP contribution is 2.17. The molecule has 1 heterocycles. The summed E-state index contributed by atoms with van der Waals surface area (Å²) >= 11 is 0. The molecule has 17 heavy (non-hydrogen) atoms. The number of hydrogen-bond acceptors (Lipinski definition) is 2. The molecule has 0 bridgehead atoms. The summed E-state index contributed by atoms with van der Waals surface area (Å²) in [5.74, 6) is 0. The van der Waals surface area contributed by atoms with Crippen LogP contribution in [0.4, 0.5) is 5.69 Å². The van der Waals surface area contributed by atoms with Crippen LogP contribution in [0.3, 0.4) is 0 Å². The zero-order chi connectivity index (χ0) is 12.1. The summed E-state index contributed by atoms with van der Waals surface area (Å²) in [6.45, 7) is 7.82. The predicted octanol–water partition coefficient (Wildman–Crippen LogP) is 2.96. The quantitative estimate of drug-likeness (QED) is 0.858. The van der Waals surface area contributed by atoms with Gasteiger partial charge in [0.15, 0.2) is 0 Å². The highest BCUT2D eigenvalue weighted by atomic mass is 15.2. The lowest BCUT2D eigenvalue weighted by Crippen LogP contribution is -2.43. The molecule has 1 aliphatic heterocycles. The fraction of sp³-hybridized carbons (Fsp3) is 0.600. The zero-order valence-corrected chi connectivity index (χ0v) is 11.1. The van der Waals surface area contributed by atoms with Crippen LogP contribution in [0.15, 0.2) is 24.3 Å². The van der Waals surface area contributed by atoms with Crippen molar-refractivity contribution >= 4 is 5.69 Å². The van der Waals surface area contributed by atoms with E-state index < -0.39 is 0 Å². The maximum Gasteiger partial charge on any atom is 0.0369 e. The summed E-state index contributed by atoms with van der Waals surface area (Å²) < 4.78 is 0. The van der Waals surface area contributed by atoms with E-state index in [0.717, 1.165) is 13.1 Å². The van der Waals surface area contributed by atoms with Gasteiger partial charge in [0, 0.05) is 24.8 Å². The predicted molar refractivity (Wildman–Crippen MR) is 74.7 cm³/mol. The van der Waals surface area contributed by atoms with Gasteiger partial charge < -0.3 is 10.2 Å². The van der Waals surface area contributed by atoms with E-state index in [1.165, 1.54) is 37.1 Å². The summed E-state index contributed by atoms with van der Waals surface area (Å²) in [7, 11) is 0. The van der Waals surface area contributed by atoms with Gasteiger partial charge in [0.2, 0.25) is 0 Å². The van der Waals surface area contributed by atoms with E-state index in [-0.39, 0.29) is 0 Å². The van der Waals surface area contributed by atoms with Gasteiger partial charge in [0.05, 0.1) is 0 Å². The van der Waals surface area contributed by atoms with Crippen molar-refractivity contribution in [1.82, 2.24) is 5.32 Å². The SMILES string of the molecule is CCN(CC1CCCCN1)c1cccc(C)c1.